The van der Waals surface area contributed by atoms with Crippen LogP contribution >= 0.6 is 0 Å². The Morgan fingerprint density at radius 2 is 0.960 bits per heavy atom. The van der Waals surface area contributed by atoms with Crippen LogP contribution in [0.15, 0.2) is 48.5 Å². The maximum absolute atomic E-state index is 9.20. The van der Waals surface area contributed by atoms with E-state index >= 15 is 0 Å². The first-order valence-corrected chi connectivity index (χ1v) is 8.80. The van der Waals surface area contributed by atoms with Gasteiger partial charge in [0.15, 0.2) is 0 Å². The Morgan fingerprint density at radius 1 is 0.640 bits per heavy atom. The van der Waals surface area contributed by atoms with Gasteiger partial charge in [0.05, 0.1) is 23.0 Å². The molecule has 0 unspecified atom stereocenters. The van der Waals surface area contributed by atoms with Crippen molar-refractivity contribution in [2.45, 2.75) is 57.8 Å². The highest BCUT2D eigenvalue weighted by Crippen LogP contribution is 2.24. The van der Waals surface area contributed by atoms with Crippen molar-refractivity contribution < 1.29 is 0 Å². The van der Waals surface area contributed by atoms with Crippen molar-refractivity contribution in [3.63, 3.8) is 0 Å². The quantitative estimate of drug-likeness (QED) is 0.705. The van der Waals surface area contributed by atoms with E-state index in [0.29, 0.717) is 0 Å². The molecule has 0 saturated heterocycles. The first kappa shape index (κ1) is 18.8. The number of hydrogen-bond donors (Lipinski definition) is 0. The standard InChI is InChI=1S/C23H26N2/c1-22(2,16-24)20-12-8-18(9-13-20)6-5-7-19-10-14-21(15-11-19)23(3,4)17-25/h8-15H,5-7H2,1-4H3. The molecule has 25 heavy (non-hydrogen) atoms. The number of nitrogens with zero attached hydrogens (tertiary/aromatic N) is 2. The summed E-state index contributed by atoms with van der Waals surface area (Å²) in [5.41, 5.74) is 3.87. The molecule has 2 aromatic carbocycles. The molecule has 2 rings (SSSR count). The Bertz CT molecular complexity index is 712. The summed E-state index contributed by atoms with van der Waals surface area (Å²) in [5.74, 6) is 0. The van der Waals surface area contributed by atoms with Crippen molar-refractivity contribution in [1.29, 1.82) is 10.5 Å². The van der Waals surface area contributed by atoms with E-state index in [0.717, 1.165) is 30.4 Å². The summed E-state index contributed by atoms with van der Waals surface area (Å²) < 4.78 is 0. The van der Waals surface area contributed by atoms with Gasteiger partial charge >= 0.3 is 0 Å². The van der Waals surface area contributed by atoms with Gasteiger partial charge < -0.3 is 0 Å². The molecule has 2 nitrogen and oxygen atoms in total. The monoisotopic (exact) mass is 330 g/mol. The molecular weight excluding hydrogens is 304 g/mol. The molecule has 0 N–H and O–H groups in total. The van der Waals surface area contributed by atoms with E-state index in [1.165, 1.54) is 11.1 Å². The topological polar surface area (TPSA) is 47.6 Å². The van der Waals surface area contributed by atoms with Crippen LogP contribution < -0.4 is 0 Å². The van der Waals surface area contributed by atoms with Gasteiger partial charge in [-0.15, -0.1) is 0 Å². The zero-order valence-electron chi connectivity index (χ0n) is 15.6. The van der Waals surface area contributed by atoms with Crippen molar-refractivity contribution in [2.75, 3.05) is 0 Å². The van der Waals surface area contributed by atoms with Gasteiger partial charge in [0.1, 0.15) is 0 Å². The second-order valence-electron chi connectivity index (χ2n) is 7.72. The first-order valence-electron chi connectivity index (χ1n) is 8.80. The van der Waals surface area contributed by atoms with Crippen LogP contribution in [0.4, 0.5) is 0 Å². The predicted octanol–water partition coefficient (Wildman–Crippen LogP) is 5.46. The summed E-state index contributed by atoms with van der Waals surface area (Å²) >= 11 is 0. The van der Waals surface area contributed by atoms with E-state index in [4.69, 9.17) is 0 Å². The van der Waals surface area contributed by atoms with E-state index < -0.39 is 10.8 Å². The third-order valence-electron chi connectivity index (χ3n) is 4.84. The van der Waals surface area contributed by atoms with Crippen LogP contribution in [0.2, 0.25) is 0 Å². The molecule has 0 spiro atoms. The lowest BCUT2D eigenvalue weighted by Crippen LogP contribution is -2.13. The molecule has 0 saturated carbocycles. The Morgan fingerprint density at radius 3 is 1.24 bits per heavy atom. The van der Waals surface area contributed by atoms with Gasteiger partial charge in [-0.05, 0) is 69.2 Å². The van der Waals surface area contributed by atoms with E-state index in [2.05, 4.69) is 60.7 Å². The highest BCUT2D eigenvalue weighted by molar-refractivity contribution is 5.34. The molecule has 2 aromatic rings. The van der Waals surface area contributed by atoms with Crippen LogP contribution in [0.1, 0.15) is 56.4 Å². The van der Waals surface area contributed by atoms with Gasteiger partial charge in [0, 0.05) is 0 Å². The number of nitriles is 2. The Hall–Kier alpha value is -2.58. The van der Waals surface area contributed by atoms with Crippen molar-refractivity contribution >= 4 is 0 Å². The summed E-state index contributed by atoms with van der Waals surface area (Å²) in [5, 5.41) is 18.4. The highest BCUT2D eigenvalue weighted by atomic mass is 14.3. The van der Waals surface area contributed by atoms with Crippen molar-refractivity contribution in [2.24, 2.45) is 0 Å². The SMILES string of the molecule is CC(C)(C#N)c1ccc(CCCc2ccc(C(C)(C)C#N)cc2)cc1. The third kappa shape index (κ3) is 4.71. The smallest absolute Gasteiger partial charge is 0.0766 e. The van der Waals surface area contributed by atoms with Crippen molar-refractivity contribution in [1.82, 2.24) is 0 Å². The van der Waals surface area contributed by atoms with Crippen LogP contribution in [0.5, 0.6) is 0 Å². The number of aryl methyl sites for hydroxylation is 2. The lowest BCUT2D eigenvalue weighted by molar-refractivity contribution is 0.685. The molecule has 0 atom stereocenters. The average molecular weight is 330 g/mol. The summed E-state index contributed by atoms with van der Waals surface area (Å²) in [6.45, 7) is 7.77. The average Bonchev–Trinajstić information content (AvgIpc) is 2.62. The zero-order chi connectivity index (χ0) is 18.5. The van der Waals surface area contributed by atoms with E-state index in [-0.39, 0.29) is 0 Å². The third-order valence-corrected chi connectivity index (χ3v) is 4.84. The van der Waals surface area contributed by atoms with Gasteiger partial charge in [0.25, 0.3) is 0 Å². The number of rotatable bonds is 6. The molecule has 0 aliphatic heterocycles. The van der Waals surface area contributed by atoms with E-state index in [9.17, 15) is 10.5 Å². The predicted molar refractivity (Wildman–Crippen MR) is 102 cm³/mol. The van der Waals surface area contributed by atoms with Crippen LogP contribution in [0.25, 0.3) is 0 Å². The fourth-order valence-corrected chi connectivity index (χ4v) is 2.80. The summed E-state index contributed by atoms with van der Waals surface area (Å²) in [4.78, 5) is 0. The zero-order valence-corrected chi connectivity index (χ0v) is 15.6. The molecule has 2 heteroatoms. The second kappa shape index (κ2) is 7.54. The minimum atomic E-state index is -0.433. The van der Waals surface area contributed by atoms with Crippen LogP contribution in [-0.4, -0.2) is 0 Å². The lowest BCUT2D eigenvalue weighted by atomic mass is 9.85. The fourth-order valence-electron chi connectivity index (χ4n) is 2.80. The number of benzene rings is 2. The molecule has 0 fully saturated rings. The van der Waals surface area contributed by atoms with Crippen LogP contribution in [-0.2, 0) is 23.7 Å². The van der Waals surface area contributed by atoms with E-state index in [1.807, 2.05) is 27.7 Å². The molecule has 128 valence electrons. The van der Waals surface area contributed by atoms with Gasteiger partial charge in [-0.2, -0.15) is 10.5 Å². The number of hydrogen-bond acceptors (Lipinski definition) is 2. The second-order valence-corrected chi connectivity index (χ2v) is 7.72. The summed E-state index contributed by atoms with van der Waals surface area (Å²) in [6.07, 6.45) is 3.14. The molecule has 0 amide bonds. The maximum atomic E-state index is 9.20. The molecule has 0 aromatic heterocycles. The minimum absolute atomic E-state index is 0.433. The molecular formula is C23H26N2. The summed E-state index contributed by atoms with van der Waals surface area (Å²) in [7, 11) is 0. The normalized spacial score (nSPS) is 11.6. The van der Waals surface area contributed by atoms with Gasteiger partial charge in [-0.3, -0.25) is 0 Å². The Kier molecular flexibility index (Phi) is 5.66. The largest absolute Gasteiger partial charge is 0.197 e. The molecule has 0 heterocycles. The molecule has 0 aliphatic carbocycles. The lowest BCUT2D eigenvalue weighted by Gasteiger charge is -2.16. The van der Waals surface area contributed by atoms with Gasteiger partial charge in [0.2, 0.25) is 0 Å². The summed E-state index contributed by atoms with van der Waals surface area (Å²) in [6, 6.07) is 21.5. The van der Waals surface area contributed by atoms with Gasteiger partial charge in [-0.1, -0.05) is 48.5 Å². The Labute approximate surface area is 151 Å². The van der Waals surface area contributed by atoms with E-state index in [1.54, 1.807) is 0 Å². The highest BCUT2D eigenvalue weighted by Gasteiger charge is 2.19. The molecule has 0 aliphatic rings. The first-order chi connectivity index (χ1) is 11.8. The van der Waals surface area contributed by atoms with Gasteiger partial charge in [-0.25, -0.2) is 0 Å². The maximum Gasteiger partial charge on any atom is 0.0766 e. The van der Waals surface area contributed by atoms with Crippen LogP contribution in [0, 0.1) is 22.7 Å². The Balaban J connectivity index is 1.91. The van der Waals surface area contributed by atoms with Crippen molar-refractivity contribution in [3.8, 4) is 12.1 Å². The van der Waals surface area contributed by atoms with Crippen LogP contribution in [0.3, 0.4) is 0 Å². The molecule has 0 radical (unpaired) electrons. The van der Waals surface area contributed by atoms with Crippen molar-refractivity contribution in [3.05, 3.63) is 70.8 Å². The minimum Gasteiger partial charge on any atom is -0.197 e. The fraction of sp³-hybridized carbons (Fsp3) is 0.391. The molecule has 0 bridgehead atoms.